The zero-order valence-electron chi connectivity index (χ0n) is 17.1. The third-order valence-corrected chi connectivity index (χ3v) is 5.96. The fourth-order valence-corrected chi connectivity index (χ4v) is 4.13. The van der Waals surface area contributed by atoms with Crippen molar-refractivity contribution < 1.29 is 14.3 Å². The lowest BCUT2D eigenvalue weighted by atomic mass is 10.0. The van der Waals surface area contributed by atoms with Crippen LogP contribution in [0.15, 0.2) is 77.3 Å². The fraction of sp³-hybridized carbons (Fsp3) is 0.0800. The number of carbonyl (C=O) groups excluding carboxylic acids is 2. The quantitative estimate of drug-likeness (QED) is 0.284. The van der Waals surface area contributed by atoms with Crippen molar-refractivity contribution in [1.29, 1.82) is 0 Å². The lowest BCUT2D eigenvalue weighted by Gasteiger charge is -2.11. The summed E-state index contributed by atoms with van der Waals surface area (Å²) >= 11 is 15.5. The lowest BCUT2D eigenvalue weighted by Crippen LogP contribution is -2.28. The molecule has 3 aromatic carbocycles. The average Bonchev–Trinajstić information content (AvgIpc) is 2.81. The largest absolute Gasteiger partial charge is 0.452 e. The monoisotopic (exact) mass is 542 g/mol. The molecule has 0 bridgehead atoms. The molecule has 0 radical (unpaired) electrons. The molecule has 1 N–H and O–H groups in total. The summed E-state index contributed by atoms with van der Waals surface area (Å²) in [7, 11) is 0. The van der Waals surface area contributed by atoms with Crippen molar-refractivity contribution >= 4 is 61.9 Å². The normalized spacial score (nSPS) is 10.8. The average molecular weight is 544 g/mol. The minimum Gasteiger partial charge on any atom is -0.452 e. The van der Waals surface area contributed by atoms with Crippen LogP contribution in [0.3, 0.4) is 0 Å². The van der Waals surface area contributed by atoms with Crippen molar-refractivity contribution in [3.8, 4) is 11.3 Å². The molecular formula is C25H17BrCl2N2O3. The predicted octanol–water partition coefficient (Wildman–Crippen LogP) is 6.44. The molecule has 0 saturated heterocycles. The third-order valence-electron chi connectivity index (χ3n) is 4.88. The highest BCUT2D eigenvalue weighted by molar-refractivity contribution is 9.10. The summed E-state index contributed by atoms with van der Waals surface area (Å²) < 4.78 is 6.21. The number of hydrogen-bond acceptors (Lipinski definition) is 4. The van der Waals surface area contributed by atoms with Crippen LogP contribution in [0.4, 0.5) is 0 Å². The molecule has 0 fully saturated rings. The van der Waals surface area contributed by atoms with Gasteiger partial charge in [-0.15, -0.1) is 0 Å². The zero-order valence-corrected chi connectivity index (χ0v) is 20.2. The Balaban J connectivity index is 1.49. The van der Waals surface area contributed by atoms with Crippen molar-refractivity contribution in [2.75, 3.05) is 6.61 Å². The number of aromatic nitrogens is 1. The Bertz CT molecular complexity index is 1360. The molecule has 1 heterocycles. The van der Waals surface area contributed by atoms with Crippen LogP contribution in [-0.2, 0) is 16.1 Å². The van der Waals surface area contributed by atoms with E-state index in [9.17, 15) is 9.59 Å². The van der Waals surface area contributed by atoms with Gasteiger partial charge < -0.3 is 10.1 Å². The Morgan fingerprint density at radius 1 is 0.970 bits per heavy atom. The summed E-state index contributed by atoms with van der Waals surface area (Å²) in [4.78, 5) is 29.8. The van der Waals surface area contributed by atoms with Crippen molar-refractivity contribution in [2.24, 2.45) is 0 Å². The molecule has 0 spiro atoms. The van der Waals surface area contributed by atoms with Crippen LogP contribution in [-0.4, -0.2) is 23.5 Å². The van der Waals surface area contributed by atoms with Gasteiger partial charge in [0.25, 0.3) is 5.91 Å². The second kappa shape index (κ2) is 10.3. The van der Waals surface area contributed by atoms with Gasteiger partial charge in [0.05, 0.1) is 16.8 Å². The maximum absolute atomic E-state index is 12.9. The number of fused-ring (bicyclic) bond motifs is 1. The summed E-state index contributed by atoms with van der Waals surface area (Å²) in [6.45, 7) is -0.232. The maximum atomic E-state index is 12.9. The lowest BCUT2D eigenvalue weighted by molar-refractivity contribution is -0.124. The molecule has 1 amide bonds. The topological polar surface area (TPSA) is 68.3 Å². The van der Waals surface area contributed by atoms with Crippen LogP contribution in [0.5, 0.6) is 0 Å². The smallest absolute Gasteiger partial charge is 0.339 e. The van der Waals surface area contributed by atoms with Gasteiger partial charge in [-0.05, 0) is 42.0 Å². The van der Waals surface area contributed by atoms with Crippen molar-refractivity contribution in [3.05, 3.63) is 98.4 Å². The number of amides is 1. The molecule has 8 heteroatoms. The highest BCUT2D eigenvalue weighted by Gasteiger charge is 2.17. The predicted molar refractivity (Wildman–Crippen MR) is 133 cm³/mol. The summed E-state index contributed by atoms with van der Waals surface area (Å²) in [5.41, 5.74) is 3.18. The van der Waals surface area contributed by atoms with Crippen LogP contribution in [0.1, 0.15) is 15.9 Å². The van der Waals surface area contributed by atoms with E-state index in [-0.39, 0.29) is 6.54 Å². The van der Waals surface area contributed by atoms with Crippen LogP contribution in [0.2, 0.25) is 10.0 Å². The maximum Gasteiger partial charge on any atom is 0.339 e. The van der Waals surface area contributed by atoms with E-state index in [0.717, 1.165) is 10.0 Å². The molecule has 5 nitrogen and oxygen atoms in total. The summed E-state index contributed by atoms with van der Waals surface area (Å²) in [5, 5.41) is 4.29. The highest BCUT2D eigenvalue weighted by atomic mass is 79.9. The summed E-state index contributed by atoms with van der Waals surface area (Å²) in [5.74, 6) is -1.05. The number of nitrogens with zero attached hydrogens (tertiary/aromatic N) is 1. The van der Waals surface area contributed by atoms with Gasteiger partial charge >= 0.3 is 5.97 Å². The molecule has 33 heavy (non-hydrogen) atoms. The highest BCUT2D eigenvalue weighted by Crippen LogP contribution is 2.27. The number of para-hydroxylation sites is 1. The van der Waals surface area contributed by atoms with Crippen molar-refractivity contribution in [2.45, 2.75) is 6.54 Å². The fourth-order valence-electron chi connectivity index (χ4n) is 3.26. The molecule has 4 aromatic rings. The molecular weight excluding hydrogens is 527 g/mol. The Labute approximate surface area is 208 Å². The van der Waals surface area contributed by atoms with E-state index in [1.807, 2.05) is 42.5 Å². The molecule has 0 atom stereocenters. The molecule has 0 saturated carbocycles. The summed E-state index contributed by atoms with van der Waals surface area (Å²) in [6, 6.07) is 21.6. The van der Waals surface area contributed by atoms with Gasteiger partial charge in [0, 0.05) is 32.0 Å². The van der Waals surface area contributed by atoms with Gasteiger partial charge in [0.15, 0.2) is 6.61 Å². The van der Waals surface area contributed by atoms with Gasteiger partial charge in [0.1, 0.15) is 0 Å². The molecule has 0 aliphatic heterocycles. The molecule has 0 unspecified atom stereocenters. The van der Waals surface area contributed by atoms with Crippen LogP contribution in [0, 0.1) is 0 Å². The standard InChI is InChI=1S/C25H17BrCl2N2O3/c26-17-5-3-4-15(10-17)23-12-20(19-6-1-2-7-22(19)30-23)25(32)33-14-24(31)29-13-16-8-9-18(27)11-21(16)28/h1-12H,13-14H2,(H,29,31). The van der Waals surface area contributed by atoms with Crippen LogP contribution < -0.4 is 5.32 Å². The minimum absolute atomic E-state index is 0.192. The first-order chi connectivity index (χ1) is 15.9. The Hall–Kier alpha value is -2.93. The minimum atomic E-state index is -0.607. The van der Waals surface area contributed by atoms with Gasteiger partial charge in [-0.25, -0.2) is 9.78 Å². The second-order valence-corrected chi connectivity index (χ2v) is 8.93. The van der Waals surface area contributed by atoms with Crippen molar-refractivity contribution in [3.63, 3.8) is 0 Å². The van der Waals surface area contributed by atoms with E-state index in [2.05, 4.69) is 26.2 Å². The van der Waals surface area contributed by atoms with E-state index in [1.54, 1.807) is 30.3 Å². The second-order valence-electron chi connectivity index (χ2n) is 7.17. The number of nitrogens with one attached hydrogen (secondary N) is 1. The Kier molecular flexibility index (Phi) is 7.28. The first kappa shape index (κ1) is 23.2. The SMILES string of the molecule is O=C(COC(=O)c1cc(-c2cccc(Br)c2)nc2ccccc12)NCc1ccc(Cl)cc1Cl. The van der Waals surface area contributed by atoms with Crippen LogP contribution in [0.25, 0.3) is 22.2 Å². The van der Waals surface area contributed by atoms with E-state index >= 15 is 0 Å². The van der Waals surface area contributed by atoms with Gasteiger partial charge in [-0.3, -0.25) is 4.79 Å². The van der Waals surface area contributed by atoms with Gasteiger partial charge in [-0.2, -0.15) is 0 Å². The number of ether oxygens (including phenoxy) is 1. The van der Waals surface area contributed by atoms with E-state index in [0.29, 0.717) is 37.8 Å². The van der Waals surface area contributed by atoms with Gasteiger partial charge in [0.2, 0.25) is 0 Å². The zero-order chi connectivity index (χ0) is 23.4. The number of rotatable bonds is 6. The molecule has 0 aliphatic carbocycles. The number of pyridine rings is 1. The number of esters is 1. The van der Waals surface area contributed by atoms with Crippen molar-refractivity contribution in [1.82, 2.24) is 10.3 Å². The number of halogens is 3. The molecule has 4 rings (SSSR count). The summed E-state index contributed by atoms with van der Waals surface area (Å²) in [6.07, 6.45) is 0. The molecule has 166 valence electrons. The first-order valence-electron chi connectivity index (χ1n) is 9.94. The van der Waals surface area contributed by atoms with Gasteiger partial charge in [-0.1, -0.05) is 75.5 Å². The third kappa shape index (κ3) is 5.71. The number of benzene rings is 3. The van der Waals surface area contributed by atoms with E-state index in [4.69, 9.17) is 27.9 Å². The Morgan fingerprint density at radius 2 is 1.79 bits per heavy atom. The van der Waals surface area contributed by atoms with Crippen LogP contribution >= 0.6 is 39.1 Å². The number of carbonyl (C=O) groups is 2. The molecule has 1 aromatic heterocycles. The number of hydrogen-bond donors (Lipinski definition) is 1. The first-order valence-corrected chi connectivity index (χ1v) is 11.5. The van der Waals surface area contributed by atoms with E-state index in [1.165, 1.54) is 0 Å². The van der Waals surface area contributed by atoms with E-state index < -0.39 is 18.5 Å². The Morgan fingerprint density at radius 3 is 2.58 bits per heavy atom. The molecule has 0 aliphatic rings.